The summed E-state index contributed by atoms with van der Waals surface area (Å²) in [6, 6.07) is 5.96. The number of nitrogens with zero attached hydrogens (tertiary/aromatic N) is 3. The normalized spacial score (nSPS) is 16.0. The van der Waals surface area contributed by atoms with E-state index in [0.717, 1.165) is 35.2 Å². The molecule has 1 aromatic heterocycles. The van der Waals surface area contributed by atoms with Crippen molar-refractivity contribution in [2.75, 3.05) is 23.7 Å². The first kappa shape index (κ1) is 25.2. The van der Waals surface area contributed by atoms with Gasteiger partial charge in [0.15, 0.2) is 5.78 Å². The van der Waals surface area contributed by atoms with Crippen LogP contribution in [-0.4, -0.2) is 51.5 Å². The van der Waals surface area contributed by atoms with Crippen molar-refractivity contribution in [3.8, 4) is 0 Å². The highest BCUT2D eigenvalue weighted by atomic mass is 16.6. The van der Waals surface area contributed by atoms with Crippen LogP contribution in [0, 0.1) is 13.8 Å². The second kappa shape index (κ2) is 10.7. The monoisotopic (exact) mass is 465 g/mol. The Bertz CT molecular complexity index is 1060. The van der Waals surface area contributed by atoms with Crippen LogP contribution in [0.2, 0.25) is 0 Å². The Morgan fingerprint density at radius 3 is 2.76 bits per heavy atom. The minimum atomic E-state index is -0.525. The Balaban J connectivity index is 1.73. The average Bonchev–Trinajstić information content (AvgIpc) is 2.76. The van der Waals surface area contributed by atoms with E-state index >= 15 is 0 Å². The van der Waals surface area contributed by atoms with Crippen molar-refractivity contribution in [1.29, 1.82) is 0 Å². The van der Waals surface area contributed by atoms with E-state index in [-0.39, 0.29) is 24.3 Å². The Hall–Kier alpha value is -3.42. The van der Waals surface area contributed by atoms with Gasteiger partial charge in [-0.25, -0.2) is 9.78 Å². The number of amides is 1. The zero-order valence-corrected chi connectivity index (χ0v) is 20.8. The lowest BCUT2D eigenvalue weighted by Crippen LogP contribution is -2.47. The Morgan fingerprint density at radius 1 is 1.29 bits per heavy atom. The minimum absolute atomic E-state index is 0.0250. The molecule has 1 aliphatic rings. The third kappa shape index (κ3) is 7.04. The number of ketones is 1. The maximum atomic E-state index is 12.5. The number of benzene rings is 1. The lowest BCUT2D eigenvalue weighted by Gasteiger charge is -2.34. The van der Waals surface area contributed by atoms with Gasteiger partial charge in [0.1, 0.15) is 11.4 Å². The van der Waals surface area contributed by atoms with Crippen molar-refractivity contribution in [2.45, 2.75) is 65.5 Å². The number of likely N-dealkylation sites (tertiary alicyclic amines) is 1. The molecule has 8 nitrogen and oxygen atoms in total. The summed E-state index contributed by atoms with van der Waals surface area (Å²) < 4.78 is 5.52. The molecule has 2 aromatic rings. The first-order valence-corrected chi connectivity index (χ1v) is 11.6. The van der Waals surface area contributed by atoms with E-state index in [1.54, 1.807) is 11.1 Å². The van der Waals surface area contributed by atoms with Crippen molar-refractivity contribution in [3.63, 3.8) is 0 Å². The molecule has 3 rings (SSSR count). The molecule has 1 fully saturated rings. The van der Waals surface area contributed by atoms with Crippen molar-refractivity contribution < 1.29 is 14.3 Å². The van der Waals surface area contributed by atoms with Gasteiger partial charge in [-0.3, -0.25) is 4.79 Å². The number of nitrogens with one attached hydrogen (secondary N) is 2. The standard InChI is InChI=1S/C26H35N5O3/c1-7-21(32)14-19-13-17(2)10-11-22(19)29-23-18(3)15-27-24(30-23)28-20-9-8-12-31(16-20)25(33)34-26(4,5)6/h7,10-11,13,15,20H,1,8-9,12,14,16H2,2-6H3,(H2,27,28,29,30)/t20-/m0/s1. The molecule has 0 saturated carbocycles. The molecule has 34 heavy (non-hydrogen) atoms. The third-order valence-electron chi connectivity index (χ3n) is 5.48. The Morgan fingerprint density at radius 2 is 2.06 bits per heavy atom. The zero-order valence-electron chi connectivity index (χ0n) is 20.8. The van der Waals surface area contributed by atoms with Gasteiger partial charge >= 0.3 is 6.09 Å². The topological polar surface area (TPSA) is 96.5 Å². The van der Waals surface area contributed by atoms with Crippen molar-refractivity contribution >= 4 is 29.3 Å². The van der Waals surface area contributed by atoms with Gasteiger partial charge in [-0.05, 0) is 65.2 Å². The van der Waals surface area contributed by atoms with E-state index in [2.05, 4.69) is 27.2 Å². The highest BCUT2D eigenvalue weighted by Gasteiger charge is 2.28. The predicted octanol–water partition coefficient (Wildman–Crippen LogP) is 4.95. The van der Waals surface area contributed by atoms with Gasteiger partial charge in [-0.2, -0.15) is 4.98 Å². The van der Waals surface area contributed by atoms with E-state index in [0.29, 0.717) is 24.9 Å². The van der Waals surface area contributed by atoms with Crippen LogP contribution >= 0.6 is 0 Å². The highest BCUT2D eigenvalue weighted by molar-refractivity contribution is 5.92. The number of piperidine rings is 1. The smallest absolute Gasteiger partial charge is 0.410 e. The zero-order chi connectivity index (χ0) is 24.9. The number of rotatable bonds is 7. The first-order valence-electron chi connectivity index (χ1n) is 11.6. The van der Waals surface area contributed by atoms with Gasteiger partial charge in [-0.15, -0.1) is 0 Å². The Labute approximate surface area is 201 Å². The number of ether oxygens (including phenoxy) is 1. The predicted molar refractivity (Wildman–Crippen MR) is 135 cm³/mol. The van der Waals surface area contributed by atoms with Crippen LogP contribution in [-0.2, 0) is 16.0 Å². The maximum absolute atomic E-state index is 12.5. The fourth-order valence-corrected chi connectivity index (χ4v) is 3.79. The van der Waals surface area contributed by atoms with Crippen LogP contribution in [0.3, 0.4) is 0 Å². The molecule has 0 bridgehead atoms. The average molecular weight is 466 g/mol. The minimum Gasteiger partial charge on any atom is -0.444 e. The van der Waals surface area contributed by atoms with Crippen LogP contribution in [0.25, 0.3) is 0 Å². The molecule has 0 unspecified atom stereocenters. The molecule has 2 N–H and O–H groups in total. The summed E-state index contributed by atoms with van der Waals surface area (Å²) in [6.07, 6.45) is 4.85. The number of hydrogen-bond donors (Lipinski definition) is 2. The fourth-order valence-electron chi connectivity index (χ4n) is 3.79. The number of allylic oxidation sites excluding steroid dienone is 1. The van der Waals surface area contributed by atoms with Crippen molar-refractivity contribution in [2.24, 2.45) is 0 Å². The van der Waals surface area contributed by atoms with Crippen molar-refractivity contribution in [3.05, 3.63) is 53.7 Å². The van der Waals surface area contributed by atoms with E-state index in [9.17, 15) is 9.59 Å². The fraction of sp³-hybridized carbons (Fsp3) is 0.462. The SMILES string of the molecule is C=CC(=O)Cc1cc(C)ccc1Nc1nc(N[C@H]2CCCN(C(=O)OC(C)(C)C)C2)ncc1C. The first-order chi connectivity index (χ1) is 16.0. The summed E-state index contributed by atoms with van der Waals surface area (Å²) in [5, 5.41) is 6.73. The van der Waals surface area contributed by atoms with E-state index in [1.165, 1.54) is 6.08 Å². The summed E-state index contributed by atoms with van der Waals surface area (Å²) in [6.45, 7) is 14.3. The molecular weight excluding hydrogens is 430 g/mol. The molecular formula is C26H35N5O3. The van der Waals surface area contributed by atoms with E-state index in [4.69, 9.17) is 4.74 Å². The van der Waals surface area contributed by atoms with Crippen LogP contribution in [0.15, 0.2) is 37.1 Å². The molecule has 8 heteroatoms. The van der Waals surface area contributed by atoms with Crippen LogP contribution in [0.1, 0.15) is 50.3 Å². The number of anilines is 3. The quantitative estimate of drug-likeness (QED) is 0.559. The largest absolute Gasteiger partial charge is 0.444 e. The molecule has 0 aliphatic carbocycles. The lowest BCUT2D eigenvalue weighted by molar-refractivity contribution is -0.114. The molecule has 1 aromatic carbocycles. The second-order valence-corrected chi connectivity index (χ2v) is 9.77. The summed E-state index contributed by atoms with van der Waals surface area (Å²) >= 11 is 0. The van der Waals surface area contributed by atoms with Crippen LogP contribution in [0.4, 0.5) is 22.2 Å². The van der Waals surface area contributed by atoms with Crippen molar-refractivity contribution in [1.82, 2.24) is 14.9 Å². The number of aromatic nitrogens is 2. The molecule has 1 amide bonds. The molecule has 2 heterocycles. The molecule has 182 valence electrons. The highest BCUT2D eigenvalue weighted by Crippen LogP contribution is 2.25. The molecule has 1 aliphatic heterocycles. The number of aryl methyl sites for hydroxylation is 2. The maximum Gasteiger partial charge on any atom is 0.410 e. The van der Waals surface area contributed by atoms with Crippen LogP contribution < -0.4 is 10.6 Å². The summed E-state index contributed by atoms with van der Waals surface area (Å²) in [4.78, 5) is 35.3. The summed E-state index contributed by atoms with van der Waals surface area (Å²) in [7, 11) is 0. The van der Waals surface area contributed by atoms with Gasteiger partial charge in [0, 0.05) is 43.0 Å². The number of hydrogen-bond acceptors (Lipinski definition) is 7. The lowest BCUT2D eigenvalue weighted by atomic mass is 10.0. The summed E-state index contributed by atoms with van der Waals surface area (Å²) in [5.41, 5.74) is 3.14. The number of carbonyl (C=O) groups is 2. The second-order valence-electron chi connectivity index (χ2n) is 9.77. The molecule has 0 radical (unpaired) electrons. The van der Waals surface area contributed by atoms with Gasteiger partial charge in [0.05, 0.1) is 0 Å². The van der Waals surface area contributed by atoms with Crippen LogP contribution in [0.5, 0.6) is 0 Å². The Kier molecular flexibility index (Phi) is 7.91. The van der Waals surface area contributed by atoms with Gasteiger partial charge in [0.2, 0.25) is 5.95 Å². The molecule has 1 atom stereocenters. The summed E-state index contributed by atoms with van der Waals surface area (Å²) in [5.74, 6) is 1.11. The third-order valence-corrected chi connectivity index (χ3v) is 5.48. The molecule has 0 spiro atoms. The van der Waals surface area contributed by atoms with Gasteiger partial charge < -0.3 is 20.3 Å². The van der Waals surface area contributed by atoms with E-state index in [1.807, 2.05) is 52.8 Å². The van der Waals surface area contributed by atoms with Gasteiger partial charge in [0.25, 0.3) is 0 Å². The van der Waals surface area contributed by atoms with Gasteiger partial charge in [-0.1, -0.05) is 24.3 Å². The van der Waals surface area contributed by atoms with E-state index < -0.39 is 5.60 Å². The molecule has 1 saturated heterocycles. The number of carbonyl (C=O) groups excluding carboxylic acids is 2.